The second kappa shape index (κ2) is 7.77. The van der Waals surface area contributed by atoms with Gasteiger partial charge in [0, 0.05) is 26.1 Å². The molecule has 0 saturated carbocycles. The van der Waals surface area contributed by atoms with Gasteiger partial charge in [0.05, 0.1) is 24.8 Å². The van der Waals surface area contributed by atoms with E-state index < -0.39 is 0 Å². The minimum absolute atomic E-state index is 0.579. The van der Waals surface area contributed by atoms with E-state index in [1.807, 2.05) is 12.1 Å². The maximum absolute atomic E-state index is 6.34. The topological polar surface area (TPSA) is 46.1 Å². The minimum Gasteiger partial charge on any atom is -0.489 e. The number of hydrogen-bond donors (Lipinski definition) is 1. The minimum atomic E-state index is 0.579. The van der Waals surface area contributed by atoms with Gasteiger partial charge in [0.2, 0.25) is 0 Å². The third-order valence-electron chi connectivity index (χ3n) is 4.01. The van der Waals surface area contributed by atoms with E-state index >= 15 is 0 Å². The standard InChI is InChI=1S/C17H24ClN3O2/c1-2-19-17(21-6-3-4-7-21)20-12-13-10-14(18)16-15(11-13)22-8-5-9-23-16/h10-11H,2-9,12H2,1H3,(H,19,20). The summed E-state index contributed by atoms with van der Waals surface area (Å²) in [6, 6.07) is 3.91. The average Bonchev–Trinajstić information content (AvgIpc) is 2.97. The largest absolute Gasteiger partial charge is 0.489 e. The van der Waals surface area contributed by atoms with E-state index in [1.54, 1.807) is 0 Å². The maximum atomic E-state index is 6.34. The quantitative estimate of drug-likeness (QED) is 0.680. The summed E-state index contributed by atoms with van der Waals surface area (Å²) < 4.78 is 11.4. The van der Waals surface area contributed by atoms with Gasteiger partial charge < -0.3 is 19.7 Å². The Morgan fingerprint density at radius 3 is 2.78 bits per heavy atom. The van der Waals surface area contributed by atoms with Gasteiger partial charge in [-0.3, -0.25) is 0 Å². The van der Waals surface area contributed by atoms with Crippen LogP contribution in [-0.2, 0) is 6.54 Å². The summed E-state index contributed by atoms with van der Waals surface area (Å²) in [6.45, 7) is 7.00. The smallest absolute Gasteiger partial charge is 0.194 e. The van der Waals surface area contributed by atoms with Crippen molar-refractivity contribution in [1.29, 1.82) is 0 Å². The van der Waals surface area contributed by atoms with E-state index in [0.29, 0.717) is 30.5 Å². The molecule has 1 aromatic rings. The van der Waals surface area contributed by atoms with E-state index in [-0.39, 0.29) is 0 Å². The molecule has 0 radical (unpaired) electrons. The monoisotopic (exact) mass is 337 g/mol. The summed E-state index contributed by atoms with van der Waals surface area (Å²) in [5, 5.41) is 3.97. The fourth-order valence-electron chi connectivity index (χ4n) is 2.90. The predicted molar refractivity (Wildman–Crippen MR) is 92.7 cm³/mol. The van der Waals surface area contributed by atoms with Crippen LogP contribution in [0.25, 0.3) is 0 Å². The molecule has 126 valence electrons. The number of rotatable bonds is 3. The highest BCUT2D eigenvalue weighted by Crippen LogP contribution is 2.38. The lowest BCUT2D eigenvalue weighted by molar-refractivity contribution is 0.297. The van der Waals surface area contributed by atoms with E-state index in [2.05, 4.69) is 17.1 Å². The number of fused-ring (bicyclic) bond motifs is 1. The van der Waals surface area contributed by atoms with Gasteiger partial charge in [-0.2, -0.15) is 0 Å². The third kappa shape index (κ3) is 4.02. The van der Waals surface area contributed by atoms with Gasteiger partial charge in [0.15, 0.2) is 17.5 Å². The molecule has 2 aliphatic rings. The first-order valence-corrected chi connectivity index (χ1v) is 8.77. The van der Waals surface area contributed by atoms with Crippen molar-refractivity contribution >= 4 is 17.6 Å². The second-order valence-electron chi connectivity index (χ2n) is 5.82. The van der Waals surface area contributed by atoms with Crippen LogP contribution in [0.3, 0.4) is 0 Å². The molecule has 2 heterocycles. The second-order valence-corrected chi connectivity index (χ2v) is 6.23. The van der Waals surface area contributed by atoms with Crippen LogP contribution in [-0.4, -0.2) is 43.7 Å². The molecule has 1 aromatic carbocycles. The summed E-state index contributed by atoms with van der Waals surface area (Å²) in [4.78, 5) is 7.07. The molecule has 3 rings (SSSR count). The van der Waals surface area contributed by atoms with Crippen molar-refractivity contribution < 1.29 is 9.47 Å². The van der Waals surface area contributed by atoms with Crippen LogP contribution in [0.1, 0.15) is 31.7 Å². The van der Waals surface area contributed by atoms with Crippen LogP contribution in [0.4, 0.5) is 0 Å². The molecule has 1 N–H and O–H groups in total. The zero-order valence-electron chi connectivity index (χ0n) is 13.6. The molecular weight excluding hydrogens is 314 g/mol. The van der Waals surface area contributed by atoms with Gasteiger partial charge in [-0.1, -0.05) is 11.6 Å². The summed E-state index contributed by atoms with van der Waals surface area (Å²) in [5.41, 5.74) is 1.04. The number of likely N-dealkylation sites (tertiary alicyclic amines) is 1. The molecule has 0 bridgehead atoms. The van der Waals surface area contributed by atoms with Gasteiger partial charge in [0.1, 0.15) is 0 Å². The number of nitrogens with one attached hydrogen (secondary N) is 1. The molecule has 5 nitrogen and oxygen atoms in total. The molecule has 6 heteroatoms. The van der Waals surface area contributed by atoms with Crippen molar-refractivity contribution in [3.63, 3.8) is 0 Å². The molecule has 0 aromatic heterocycles. The molecule has 0 aliphatic carbocycles. The van der Waals surface area contributed by atoms with Crippen LogP contribution < -0.4 is 14.8 Å². The Morgan fingerprint density at radius 1 is 1.22 bits per heavy atom. The first-order chi connectivity index (χ1) is 11.3. The number of ether oxygens (including phenoxy) is 2. The van der Waals surface area contributed by atoms with Crippen LogP contribution in [0.2, 0.25) is 5.02 Å². The van der Waals surface area contributed by atoms with E-state index in [9.17, 15) is 0 Å². The van der Waals surface area contributed by atoms with Crippen molar-refractivity contribution in [3.8, 4) is 11.5 Å². The Hall–Kier alpha value is -1.62. The summed E-state index contributed by atoms with van der Waals surface area (Å²) >= 11 is 6.34. The molecule has 2 aliphatic heterocycles. The number of halogens is 1. The Bertz CT molecular complexity index is 571. The molecule has 0 unspecified atom stereocenters. The normalized spacial score (nSPS) is 18.0. The zero-order valence-corrected chi connectivity index (χ0v) is 14.4. The first kappa shape index (κ1) is 16.2. The highest BCUT2D eigenvalue weighted by Gasteiger charge is 2.17. The summed E-state index contributed by atoms with van der Waals surface area (Å²) in [6.07, 6.45) is 3.35. The fraction of sp³-hybridized carbons (Fsp3) is 0.588. The third-order valence-corrected chi connectivity index (χ3v) is 4.29. The van der Waals surface area contributed by atoms with Crippen molar-refractivity contribution in [3.05, 3.63) is 22.7 Å². The van der Waals surface area contributed by atoms with Gasteiger partial charge in [-0.15, -0.1) is 0 Å². The summed E-state index contributed by atoms with van der Waals surface area (Å²) in [7, 11) is 0. The van der Waals surface area contributed by atoms with E-state index in [0.717, 1.165) is 43.3 Å². The van der Waals surface area contributed by atoms with Gasteiger partial charge in [-0.05, 0) is 37.5 Å². The number of benzene rings is 1. The van der Waals surface area contributed by atoms with Crippen molar-refractivity contribution in [2.24, 2.45) is 4.99 Å². The lowest BCUT2D eigenvalue weighted by Crippen LogP contribution is -2.39. The Balaban J connectivity index is 1.77. The highest BCUT2D eigenvalue weighted by molar-refractivity contribution is 6.32. The van der Waals surface area contributed by atoms with Gasteiger partial charge >= 0.3 is 0 Å². The number of aliphatic imine (C=N–C) groups is 1. The summed E-state index contributed by atoms with van der Waals surface area (Å²) in [5.74, 6) is 2.36. The van der Waals surface area contributed by atoms with Crippen LogP contribution >= 0.6 is 11.6 Å². The lowest BCUT2D eigenvalue weighted by Gasteiger charge is -2.20. The van der Waals surface area contributed by atoms with Crippen molar-refractivity contribution in [1.82, 2.24) is 10.2 Å². The average molecular weight is 338 g/mol. The van der Waals surface area contributed by atoms with Crippen molar-refractivity contribution in [2.75, 3.05) is 32.8 Å². The molecule has 0 atom stereocenters. The predicted octanol–water partition coefficient (Wildman–Crippen LogP) is 3.06. The molecule has 23 heavy (non-hydrogen) atoms. The molecule has 0 amide bonds. The molecule has 0 spiro atoms. The Kier molecular flexibility index (Phi) is 5.49. The fourth-order valence-corrected chi connectivity index (χ4v) is 3.18. The van der Waals surface area contributed by atoms with Crippen molar-refractivity contribution in [2.45, 2.75) is 32.7 Å². The zero-order chi connectivity index (χ0) is 16.1. The Morgan fingerprint density at radius 2 is 2.00 bits per heavy atom. The SMILES string of the molecule is CCNC(=NCc1cc(Cl)c2c(c1)OCCCO2)N1CCCC1. The molecular formula is C17H24ClN3O2. The maximum Gasteiger partial charge on any atom is 0.194 e. The molecule has 1 fully saturated rings. The van der Waals surface area contributed by atoms with Crippen LogP contribution in [0, 0.1) is 0 Å². The number of hydrogen-bond acceptors (Lipinski definition) is 3. The van der Waals surface area contributed by atoms with Gasteiger partial charge in [-0.25, -0.2) is 4.99 Å². The van der Waals surface area contributed by atoms with Crippen LogP contribution in [0.5, 0.6) is 11.5 Å². The van der Waals surface area contributed by atoms with E-state index in [4.69, 9.17) is 26.1 Å². The van der Waals surface area contributed by atoms with Crippen LogP contribution in [0.15, 0.2) is 17.1 Å². The lowest BCUT2D eigenvalue weighted by atomic mass is 10.2. The van der Waals surface area contributed by atoms with E-state index in [1.165, 1.54) is 12.8 Å². The molecule has 1 saturated heterocycles. The Labute approximate surface area is 142 Å². The van der Waals surface area contributed by atoms with Gasteiger partial charge in [0.25, 0.3) is 0 Å². The number of guanidine groups is 1. The highest BCUT2D eigenvalue weighted by atomic mass is 35.5. The number of nitrogens with zero attached hydrogens (tertiary/aromatic N) is 2. The first-order valence-electron chi connectivity index (χ1n) is 8.39.